The number of benzene rings is 4. The fourth-order valence-electron chi connectivity index (χ4n) is 8.73. The largest absolute Gasteiger partial charge is 0.462 e. The minimum absolute atomic E-state index is 0.293. The molecule has 0 amide bonds. The average molecular weight is 754 g/mol. The Morgan fingerprint density at radius 2 is 0.964 bits per heavy atom. The molecule has 0 saturated heterocycles. The van der Waals surface area contributed by atoms with Crippen LogP contribution in [0, 0.1) is 0 Å². The molecule has 4 aromatic carbocycles. The topological polar surface area (TPSA) is 39.4 Å². The summed E-state index contributed by atoms with van der Waals surface area (Å²) in [7, 11) is 0. The van der Waals surface area contributed by atoms with Crippen LogP contribution in [0.15, 0.2) is 84.9 Å². The zero-order valence-electron chi connectivity index (χ0n) is 35.2. The molecule has 2 heterocycles. The highest BCUT2D eigenvalue weighted by molar-refractivity contribution is 6.09. The summed E-state index contributed by atoms with van der Waals surface area (Å²) >= 11 is 0. The summed E-state index contributed by atoms with van der Waals surface area (Å²) in [6.07, 6.45) is 15.5. The van der Waals surface area contributed by atoms with E-state index in [-0.39, 0.29) is 5.97 Å². The van der Waals surface area contributed by atoms with Crippen molar-refractivity contribution in [2.45, 2.75) is 144 Å². The number of aromatic nitrogens is 2. The molecule has 0 atom stereocenters. The number of nitrogens with zero attached hydrogens (tertiary/aromatic N) is 3. The number of ether oxygens (including phenoxy) is 1. The van der Waals surface area contributed by atoms with Gasteiger partial charge in [0.05, 0.1) is 6.61 Å². The first-order valence-electron chi connectivity index (χ1n) is 22.0. The third-order valence-corrected chi connectivity index (χ3v) is 11.8. The molecule has 5 nitrogen and oxygen atoms in total. The van der Waals surface area contributed by atoms with E-state index in [2.05, 4.69) is 121 Å². The van der Waals surface area contributed by atoms with E-state index in [4.69, 9.17) is 4.74 Å². The van der Waals surface area contributed by atoms with Crippen LogP contribution in [0.3, 0.4) is 0 Å². The molecule has 0 saturated carbocycles. The Morgan fingerprint density at radius 1 is 0.554 bits per heavy atom. The molecule has 0 radical (unpaired) electrons. The highest BCUT2D eigenvalue weighted by Gasteiger charge is 2.16. The SMILES string of the molecule is C=C(C)C(=O)OCCCCCN(Cc1ccc2c(c1)c1cc(CCCCCC)ccc1n2CC)Cc1ccc2c(c1)c1cc(CCCCCC)ccc1n2CC. The lowest BCUT2D eigenvalue weighted by atomic mass is 10.0. The monoisotopic (exact) mass is 754 g/mol. The molecular formula is C51H67N3O2. The molecule has 0 fully saturated rings. The first kappa shape index (κ1) is 41.3. The number of hydrogen-bond acceptors (Lipinski definition) is 3. The molecule has 0 spiro atoms. The van der Waals surface area contributed by atoms with Gasteiger partial charge in [0, 0.05) is 75.4 Å². The normalized spacial score (nSPS) is 11.9. The second kappa shape index (κ2) is 20.2. The van der Waals surface area contributed by atoms with Crippen molar-refractivity contribution < 1.29 is 9.53 Å². The van der Waals surface area contributed by atoms with Gasteiger partial charge in [0.25, 0.3) is 0 Å². The van der Waals surface area contributed by atoms with Gasteiger partial charge in [-0.05, 0) is 143 Å². The second-order valence-electron chi connectivity index (χ2n) is 16.2. The fraction of sp³-hybridized carbons (Fsp3) is 0.471. The average Bonchev–Trinajstić information content (AvgIpc) is 3.69. The third kappa shape index (κ3) is 9.95. The zero-order valence-corrected chi connectivity index (χ0v) is 35.2. The van der Waals surface area contributed by atoms with Gasteiger partial charge in [0.1, 0.15) is 0 Å². The number of unbranched alkanes of at least 4 members (excludes halogenated alkanes) is 8. The van der Waals surface area contributed by atoms with Crippen LogP contribution in [0.5, 0.6) is 0 Å². The molecule has 5 heteroatoms. The van der Waals surface area contributed by atoms with E-state index in [9.17, 15) is 4.79 Å². The van der Waals surface area contributed by atoms with E-state index in [1.54, 1.807) is 6.92 Å². The number of carbonyl (C=O) groups is 1. The molecule has 6 rings (SSSR count). The summed E-state index contributed by atoms with van der Waals surface area (Å²) in [5, 5.41) is 5.51. The molecule has 0 aliphatic carbocycles. The maximum Gasteiger partial charge on any atom is 0.333 e. The summed E-state index contributed by atoms with van der Waals surface area (Å²) in [5.74, 6) is -0.293. The third-order valence-electron chi connectivity index (χ3n) is 11.8. The van der Waals surface area contributed by atoms with Gasteiger partial charge < -0.3 is 13.9 Å². The lowest BCUT2D eigenvalue weighted by Gasteiger charge is -2.23. The van der Waals surface area contributed by atoms with E-state index < -0.39 is 0 Å². The lowest BCUT2D eigenvalue weighted by Crippen LogP contribution is -2.24. The number of esters is 1. The van der Waals surface area contributed by atoms with Gasteiger partial charge in [-0.25, -0.2) is 4.79 Å². The van der Waals surface area contributed by atoms with E-state index in [0.29, 0.717) is 12.2 Å². The van der Waals surface area contributed by atoms with E-state index >= 15 is 0 Å². The number of hydrogen-bond donors (Lipinski definition) is 0. The van der Waals surface area contributed by atoms with E-state index in [1.807, 2.05) is 0 Å². The highest BCUT2D eigenvalue weighted by atomic mass is 16.5. The molecule has 56 heavy (non-hydrogen) atoms. The Morgan fingerprint density at radius 3 is 1.38 bits per heavy atom. The molecule has 0 aliphatic rings. The van der Waals surface area contributed by atoms with E-state index in [0.717, 1.165) is 64.8 Å². The van der Waals surface area contributed by atoms with Crippen molar-refractivity contribution in [3.05, 3.63) is 107 Å². The van der Waals surface area contributed by atoms with Crippen molar-refractivity contribution in [1.29, 1.82) is 0 Å². The molecule has 6 aromatic rings. The zero-order chi connectivity index (χ0) is 39.4. The number of fused-ring (bicyclic) bond motifs is 6. The van der Waals surface area contributed by atoms with Crippen LogP contribution < -0.4 is 0 Å². The minimum atomic E-state index is -0.293. The van der Waals surface area contributed by atoms with Crippen molar-refractivity contribution in [3.8, 4) is 0 Å². The molecular weight excluding hydrogens is 687 g/mol. The quantitative estimate of drug-likeness (QED) is 0.0372. The van der Waals surface area contributed by atoms with Crippen molar-refractivity contribution in [1.82, 2.24) is 14.0 Å². The Hall–Kier alpha value is -4.35. The molecule has 0 aliphatic heterocycles. The summed E-state index contributed by atoms with van der Waals surface area (Å²) in [6, 6.07) is 28.7. The summed E-state index contributed by atoms with van der Waals surface area (Å²) in [5.41, 5.74) is 11.4. The van der Waals surface area contributed by atoms with Gasteiger partial charge in [0.15, 0.2) is 0 Å². The predicted molar refractivity (Wildman–Crippen MR) is 240 cm³/mol. The second-order valence-corrected chi connectivity index (χ2v) is 16.2. The smallest absolute Gasteiger partial charge is 0.333 e. The van der Waals surface area contributed by atoms with Crippen LogP contribution in [0.25, 0.3) is 43.6 Å². The maximum atomic E-state index is 11.9. The Kier molecular flexibility index (Phi) is 14.9. The first-order chi connectivity index (χ1) is 27.3. The Bertz CT molecular complexity index is 2100. The van der Waals surface area contributed by atoms with Crippen LogP contribution in [-0.4, -0.2) is 33.2 Å². The van der Waals surface area contributed by atoms with Crippen LogP contribution >= 0.6 is 0 Å². The van der Waals surface area contributed by atoms with Crippen molar-refractivity contribution in [2.24, 2.45) is 0 Å². The van der Waals surface area contributed by atoms with Gasteiger partial charge >= 0.3 is 5.97 Å². The molecule has 0 bridgehead atoms. The highest BCUT2D eigenvalue weighted by Crippen LogP contribution is 2.34. The van der Waals surface area contributed by atoms with Gasteiger partial charge in [-0.2, -0.15) is 0 Å². The van der Waals surface area contributed by atoms with E-state index in [1.165, 1.54) is 117 Å². The summed E-state index contributed by atoms with van der Waals surface area (Å²) in [6.45, 7) is 19.6. The standard InChI is InChI=1S/C51H67N3O2/c1-7-11-13-16-20-39-22-26-47-43(32-39)45-34-41(24-28-49(45)53(47)9-3)36-52(30-18-15-19-31-56-51(55)38(5)6)37-42-25-29-50-46(35-42)44-33-40(21-17-14-12-8-2)23-27-48(44)54(50)10-4/h22-29,32-35H,5,7-21,30-31,36-37H2,1-4,6H3. The molecule has 0 N–H and O–H groups in total. The summed E-state index contributed by atoms with van der Waals surface area (Å²) in [4.78, 5) is 14.6. The molecule has 0 unspecified atom stereocenters. The maximum absolute atomic E-state index is 11.9. The predicted octanol–water partition coefficient (Wildman–Crippen LogP) is 13.5. The Labute approximate surface area is 336 Å². The van der Waals surface area contributed by atoms with Crippen molar-refractivity contribution in [2.75, 3.05) is 13.2 Å². The van der Waals surface area contributed by atoms with Crippen LogP contribution in [0.2, 0.25) is 0 Å². The summed E-state index contributed by atoms with van der Waals surface area (Å²) < 4.78 is 10.4. The van der Waals surface area contributed by atoms with Crippen LogP contribution in [-0.2, 0) is 48.6 Å². The van der Waals surface area contributed by atoms with Gasteiger partial charge in [0.2, 0.25) is 0 Å². The Balaban J connectivity index is 1.27. The van der Waals surface area contributed by atoms with Gasteiger partial charge in [-0.15, -0.1) is 0 Å². The molecule has 298 valence electrons. The number of carbonyl (C=O) groups excluding carboxylic acids is 1. The number of aryl methyl sites for hydroxylation is 4. The lowest BCUT2D eigenvalue weighted by molar-refractivity contribution is -0.139. The van der Waals surface area contributed by atoms with Crippen LogP contribution in [0.4, 0.5) is 0 Å². The minimum Gasteiger partial charge on any atom is -0.462 e. The van der Waals surface area contributed by atoms with Gasteiger partial charge in [-0.1, -0.05) is 83.2 Å². The molecule has 2 aromatic heterocycles. The van der Waals surface area contributed by atoms with Crippen molar-refractivity contribution in [3.63, 3.8) is 0 Å². The first-order valence-corrected chi connectivity index (χ1v) is 22.0. The van der Waals surface area contributed by atoms with Crippen LogP contribution in [0.1, 0.15) is 128 Å². The van der Waals surface area contributed by atoms with Crippen molar-refractivity contribution >= 4 is 49.6 Å². The fourth-order valence-corrected chi connectivity index (χ4v) is 8.73. The van der Waals surface area contributed by atoms with Gasteiger partial charge in [-0.3, -0.25) is 4.90 Å². The number of rotatable bonds is 23.